The number of amides is 1. The third-order valence-electron chi connectivity index (χ3n) is 4.32. The van der Waals surface area contributed by atoms with Gasteiger partial charge < -0.3 is 5.32 Å². The molecule has 2 heterocycles. The van der Waals surface area contributed by atoms with Crippen LogP contribution in [0.25, 0.3) is 0 Å². The van der Waals surface area contributed by atoms with E-state index in [-0.39, 0.29) is 11.7 Å². The van der Waals surface area contributed by atoms with E-state index in [1.807, 2.05) is 30.5 Å². The Bertz CT molecular complexity index is 1140. The molecule has 0 aliphatic heterocycles. The number of hydrogen-bond acceptors (Lipinski definition) is 3. The van der Waals surface area contributed by atoms with E-state index >= 15 is 0 Å². The van der Waals surface area contributed by atoms with Crippen molar-refractivity contribution in [3.05, 3.63) is 101 Å². The van der Waals surface area contributed by atoms with E-state index in [9.17, 15) is 9.18 Å². The molecule has 2 aromatic heterocycles. The molecular weight excluding hydrogens is 393 g/mol. The van der Waals surface area contributed by atoms with Gasteiger partial charge in [-0.05, 0) is 41.5 Å². The van der Waals surface area contributed by atoms with Gasteiger partial charge in [-0.15, -0.1) is 0 Å². The molecule has 0 aliphatic carbocycles. The van der Waals surface area contributed by atoms with Gasteiger partial charge in [-0.2, -0.15) is 10.2 Å². The zero-order chi connectivity index (χ0) is 20.2. The van der Waals surface area contributed by atoms with Crippen molar-refractivity contribution in [3.63, 3.8) is 0 Å². The Kier molecular flexibility index (Phi) is 5.39. The minimum atomic E-state index is -0.387. The van der Waals surface area contributed by atoms with Gasteiger partial charge in [0.1, 0.15) is 5.82 Å². The van der Waals surface area contributed by atoms with Crippen LogP contribution in [0, 0.1) is 5.82 Å². The van der Waals surface area contributed by atoms with Crippen molar-refractivity contribution >= 4 is 23.3 Å². The van der Waals surface area contributed by atoms with Crippen LogP contribution in [-0.2, 0) is 13.1 Å². The molecule has 8 heteroatoms. The van der Waals surface area contributed by atoms with Gasteiger partial charge >= 0.3 is 0 Å². The van der Waals surface area contributed by atoms with Crippen LogP contribution in [0.1, 0.15) is 21.5 Å². The van der Waals surface area contributed by atoms with E-state index < -0.39 is 0 Å². The van der Waals surface area contributed by atoms with Gasteiger partial charge in [-0.1, -0.05) is 29.8 Å². The lowest BCUT2D eigenvalue weighted by molar-refractivity contribution is 0.102. The van der Waals surface area contributed by atoms with E-state index in [2.05, 4.69) is 15.5 Å². The average Bonchev–Trinajstić information content (AvgIpc) is 3.36. The molecule has 0 saturated heterocycles. The maximum atomic E-state index is 13.2. The van der Waals surface area contributed by atoms with Gasteiger partial charge in [0.15, 0.2) is 5.82 Å². The highest BCUT2D eigenvalue weighted by atomic mass is 35.5. The summed E-state index contributed by atoms with van der Waals surface area (Å²) in [5.74, 6) is -0.218. The Morgan fingerprint density at radius 1 is 1.03 bits per heavy atom. The Labute approximate surface area is 171 Å². The Hall–Kier alpha value is -3.45. The predicted octanol–water partition coefficient (Wildman–Crippen LogP) is 4.22. The number of nitrogens with one attached hydrogen (secondary N) is 1. The summed E-state index contributed by atoms with van der Waals surface area (Å²) in [5.41, 5.74) is 2.24. The molecule has 0 unspecified atom stereocenters. The number of rotatable bonds is 6. The van der Waals surface area contributed by atoms with E-state index in [4.69, 9.17) is 11.6 Å². The summed E-state index contributed by atoms with van der Waals surface area (Å²) in [6.45, 7) is 0.954. The molecule has 4 rings (SSSR count). The van der Waals surface area contributed by atoms with Crippen LogP contribution in [0.4, 0.5) is 10.2 Å². The third-order valence-corrected chi connectivity index (χ3v) is 4.67. The third kappa shape index (κ3) is 4.70. The lowest BCUT2D eigenvalue weighted by atomic mass is 10.1. The summed E-state index contributed by atoms with van der Waals surface area (Å²) in [6, 6.07) is 15.1. The zero-order valence-electron chi connectivity index (χ0n) is 15.3. The molecule has 0 radical (unpaired) electrons. The topological polar surface area (TPSA) is 64.7 Å². The van der Waals surface area contributed by atoms with Crippen LogP contribution in [0.3, 0.4) is 0 Å². The summed E-state index contributed by atoms with van der Waals surface area (Å²) in [6.07, 6.45) is 5.31. The van der Waals surface area contributed by atoms with Crippen LogP contribution < -0.4 is 5.32 Å². The van der Waals surface area contributed by atoms with Crippen LogP contribution in [0.15, 0.2) is 73.2 Å². The first kappa shape index (κ1) is 18.9. The van der Waals surface area contributed by atoms with Crippen molar-refractivity contribution in [1.29, 1.82) is 0 Å². The average molecular weight is 410 g/mol. The summed E-state index contributed by atoms with van der Waals surface area (Å²) < 4.78 is 16.6. The van der Waals surface area contributed by atoms with Crippen LogP contribution in [0.5, 0.6) is 0 Å². The fourth-order valence-corrected chi connectivity index (χ4v) is 3.15. The predicted molar refractivity (Wildman–Crippen MR) is 108 cm³/mol. The molecule has 1 N–H and O–H groups in total. The molecule has 4 aromatic rings. The number of aromatic nitrogens is 4. The minimum Gasteiger partial charge on any atom is -0.305 e. The molecular formula is C21H17ClFN5O. The molecule has 1 amide bonds. The lowest BCUT2D eigenvalue weighted by Crippen LogP contribution is -2.13. The summed E-state index contributed by atoms with van der Waals surface area (Å²) in [4.78, 5) is 12.6. The first-order chi connectivity index (χ1) is 14.1. The molecule has 0 spiro atoms. The van der Waals surface area contributed by atoms with Crippen molar-refractivity contribution in [2.24, 2.45) is 0 Å². The highest BCUT2D eigenvalue weighted by Gasteiger charge is 2.10. The Morgan fingerprint density at radius 3 is 2.72 bits per heavy atom. The van der Waals surface area contributed by atoms with Gasteiger partial charge in [-0.3, -0.25) is 14.2 Å². The monoisotopic (exact) mass is 409 g/mol. The largest absolute Gasteiger partial charge is 0.305 e. The van der Waals surface area contributed by atoms with Crippen molar-refractivity contribution in [2.75, 3.05) is 5.32 Å². The molecule has 0 saturated carbocycles. The zero-order valence-corrected chi connectivity index (χ0v) is 16.1. The van der Waals surface area contributed by atoms with Crippen LogP contribution in [0.2, 0.25) is 5.02 Å². The van der Waals surface area contributed by atoms with Crippen molar-refractivity contribution in [3.8, 4) is 0 Å². The van der Waals surface area contributed by atoms with E-state index in [1.165, 1.54) is 12.1 Å². The molecule has 6 nitrogen and oxygen atoms in total. The van der Waals surface area contributed by atoms with Gasteiger partial charge in [-0.25, -0.2) is 4.39 Å². The Balaban J connectivity index is 1.42. The van der Waals surface area contributed by atoms with E-state index in [1.54, 1.807) is 40.0 Å². The SMILES string of the molecule is O=C(Nc1ccn(Cc2ccc(F)cc2Cl)n1)c1cccc(Cn2cccn2)c1. The quantitative estimate of drug-likeness (QED) is 0.518. The smallest absolute Gasteiger partial charge is 0.256 e. The second kappa shape index (κ2) is 8.28. The number of nitrogens with zero attached hydrogens (tertiary/aromatic N) is 4. The van der Waals surface area contributed by atoms with Gasteiger partial charge in [0.05, 0.1) is 13.1 Å². The standard InChI is InChI=1S/C21H17ClFN5O/c22-19-12-18(23)6-5-17(19)14-28-10-7-20(26-28)25-21(29)16-4-1-3-15(11-16)13-27-9-2-8-24-27/h1-12H,13-14H2,(H,25,26,29). The number of hydrogen-bond donors (Lipinski definition) is 1. The molecule has 29 heavy (non-hydrogen) atoms. The summed E-state index contributed by atoms with van der Waals surface area (Å²) in [7, 11) is 0. The molecule has 0 bridgehead atoms. The van der Waals surface area contributed by atoms with Crippen LogP contribution >= 0.6 is 11.6 Å². The minimum absolute atomic E-state index is 0.252. The number of benzene rings is 2. The van der Waals surface area contributed by atoms with Gasteiger partial charge in [0, 0.05) is 35.2 Å². The molecule has 0 aliphatic rings. The summed E-state index contributed by atoms with van der Waals surface area (Å²) >= 11 is 6.06. The molecule has 0 atom stereocenters. The number of anilines is 1. The van der Waals surface area contributed by atoms with Crippen molar-refractivity contribution < 1.29 is 9.18 Å². The number of halogens is 2. The highest BCUT2D eigenvalue weighted by molar-refractivity contribution is 6.31. The van der Waals surface area contributed by atoms with Gasteiger partial charge in [0.2, 0.25) is 0 Å². The maximum absolute atomic E-state index is 13.2. The van der Waals surface area contributed by atoms with Crippen LogP contribution in [-0.4, -0.2) is 25.5 Å². The second-order valence-corrected chi connectivity index (χ2v) is 6.90. The first-order valence-electron chi connectivity index (χ1n) is 8.92. The second-order valence-electron chi connectivity index (χ2n) is 6.49. The fraction of sp³-hybridized carbons (Fsp3) is 0.0952. The molecule has 146 valence electrons. The molecule has 0 fully saturated rings. The van der Waals surface area contributed by atoms with Crippen molar-refractivity contribution in [2.45, 2.75) is 13.1 Å². The van der Waals surface area contributed by atoms with Gasteiger partial charge in [0.25, 0.3) is 5.91 Å². The normalized spacial score (nSPS) is 10.8. The fourth-order valence-electron chi connectivity index (χ4n) is 2.92. The van der Waals surface area contributed by atoms with E-state index in [0.717, 1.165) is 11.1 Å². The first-order valence-corrected chi connectivity index (χ1v) is 9.30. The number of carbonyl (C=O) groups is 1. The van der Waals surface area contributed by atoms with Crippen molar-refractivity contribution in [1.82, 2.24) is 19.6 Å². The number of carbonyl (C=O) groups excluding carboxylic acids is 1. The molecule has 2 aromatic carbocycles. The lowest BCUT2D eigenvalue weighted by Gasteiger charge is -2.06. The maximum Gasteiger partial charge on any atom is 0.256 e. The highest BCUT2D eigenvalue weighted by Crippen LogP contribution is 2.19. The van der Waals surface area contributed by atoms with E-state index in [0.29, 0.717) is 29.5 Å². The summed E-state index contributed by atoms with van der Waals surface area (Å²) in [5, 5.41) is 11.6. The Morgan fingerprint density at radius 2 is 1.93 bits per heavy atom.